The Labute approximate surface area is 97.2 Å². The Morgan fingerprint density at radius 3 is 3.06 bits per heavy atom. The van der Waals surface area contributed by atoms with Gasteiger partial charge in [-0.1, -0.05) is 6.42 Å². The fourth-order valence-electron chi connectivity index (χ4n) is 2.22. The highest BCUT2D eigenvalue weighted by Gasteiger charge is 2.24. The first-order valence-corrected chi connectivity index (χ1v) is 5.95. The number of nitrogens with zero attached hydrogens (tertiary/aromatic N) is 2. The molecule has 1 unspecified atom stereocenters. The molecular formula is C12H20N2O2. The second-order valence-corrected chi connectivity index (χ2v) is 4.23. The number of carbonyl (C=O) groups excluding carboxylic acids is 1. The summed E-state index contributed by atoms with van der Waals surface area (Å²) in [7, 11) is 1.44. The van der Waals surface area contributed by atoms with Crippen LogP contribution in [0, 0.1) is 11.3 Å². The summed E-state index contributed by atoms with van der Waals surface area (Å²) in [6, 6.07) is 2.48. The van der Waals surface area contributed by atoms with Gasteiger partial charge in [0, 0.05) is 12.5 Å². The van der Waals surface area contributed by atoms with Crippen molar-refractivity contribution in [3.8, 4) is 6.07 Å². The maximum absolute atomic E-state index is 11.3. The molecule has 0 N–H and O–H groups in total. The molecule has 0 aliphatic carbocycles. The van der Waals surface area contributed by atoms with Gasteiger partial charge in [-0.2, -0.15) is 5.26 Å². The summed E-state index contributed by atoms with van der Waals surface area (Å²) >= 11 is 0. The number of unbranched alkanes of at least 4 members (excludes halogenated alkanes) is 1. The maximum atomic E-state index is 11.3. The predicted octanol–water partition coefficient (Wildman–Crippen LogP) is 1.71. The summed E-state index contributed by atoms with van der Waals surface area (Å²) in [5.74, 6) is -0.128. The lowest BCUT2D eigenvalue weighted by Crippen LogP contribution is -2.41. The predicted molar refractivity (Wildman–Crippen MR) is 60.7 cm³/mol. The van der Waals surface area contributed by atoms with E-state index in [1.54, 1.807) is 0 Å². The van der Waals surface area contributed by atoms with E-state index < -0.39 is 0 Å². The Bertz CT molecular complexity index is 260. The minimum atomic E-state index is -0.128. The van der Waals surface area contributed by atoms with Crippen LogP contribution in [0.5, 0.6) is 0 Å². The monoisotopic (exact) mass is 224 g/mol. The summed E-state index contributed by atoms with van der Waals surface area (Å²) in [4.78, 5) is 13.6. The minimum absolute atomic E-state index is 0.128. The third kappa shape index (κ3) is 4.19. The summed E-state index contributed by atoms with van der Waals surface area (Å²) in [5.41, 5.74) is 0. The molecule has 1 aliphatic heterocycles. The van der Waals surface area contributed by atoms with E-state index in [-0.39, 0.29) is 5.97 Å². The molecule has 0 spiro atoms. The zero-order valence-corrected chi connectivity index (χ0v) is 9.95. The van der Waals surface area contributed by atoms with Gasteiger partial charge < -0.3 is 4.74 Å². The van der Waals surface area contributed by atoms with Crippen molar-refractivity contribution in [2.45, 2.75) is 44.6 Å². The number of hydrogen-bond donors (Lipinski definition) is 0. The number of methoxy groups -OCH3 is 1. The molecule has 4 nitrogen and oxygen atoms in total. The van der Waals surface area contributed by atoms with E-state index in [1.807, 2.05) is 0 Å². The zero-order chi connectivity index (χ0) is 11.8. The van der Waals surface area contributed by atoms with E-state index in [4.69, 9.17) is 10.00 Å². The van der Waals surface area contributed by atoms with Crippen molar-refractivity contribution in [3.63, 3.8) is 0 Å². The smallest absolute Gasteiger partial charge is 0.307 e. The zero-order valence-electron chi connectivity index (χ0n) is 9.95. The second kappa shape index (κ2) is 7.24. The molecule has 0 amide bonds. The van der Waals surface area contributed by atoms with Gasteiger partial charge in [-0.25, -0.2) is 0 Å². The largest absolute Gasteiger partial charge is 0.469 e. The van der Waals surface area contributed by atoms with E-state index in [0.29, 0.717) is 18.9 Å². The average Bonchev–Trinajstić information content (AvgIpc) is 2.31. The Hall–Kier alpha value is -1.08. The quantitative estimate of drug-likeness (QED) is 0.527. The Kier molecular flexibility index (Phi) is 5.87. The van der Waals surface area contributed by atoms with Crippen molar-refractivity contribution in [2.24, 2.45) is 0 Å². The third-order valence-electron chi connectivity index (χ3n) is 3.11. The van der Waals surface area contributed by atoms with E-state index in [1.165, 1.54) is 20.0 Å². The highest BCUT2D eigenvalue weighted by molar-refractivity contribution is 5.69. The summed E-state index contributed by atoms with van der Waals surface area (Å²) in [6.07, 6.45) is 5.45. The molecule has 1 saturated heterocycles. The van der Waals surface area contributed by atoms with Crippen LogP contribution in [0.2, 0.25) is 0 Å². The number of hydrogen-bond acceptors (Lipinski definition) is 4. The fraction of sp³-hybridized carbons (Fsp3) is 0.833. The molecule has 0 bridgehead atoms. The number of esters is 1. The van der Waals surface area contributed by atoms with Crippen LogP contribution in [-0.4, -0.2) is 37.1 Å². The molecule has 1 aliphatic rings. The van der Waals surface area contributed by atoms with Crippen LogP contribution in [0.25, 0.3) is 0 Å². The first-order valence-electron chi connectivity index (χ1n) is 5.95. The molecule has 16 heavy (non-hydrogen) atoms. The van der Waals surface area contributed by atoms with Gasteiger partial charge in [0.25, 0.3) is 0 Å². The van der Waals surface area contributed by atoms with Crippen molar-refractivity contribution in [1.29, 1.82) is 5.26 Å². The highest BCUT2D eigenvalue weighted by atomic mass is 16.5. The summed E-state index contributed by atoms with van der Waals surface area (Å²) in [6.45, 7) is 1.97. The molecule has 0 aromatic carbocycles. The van der Waals surface area contributed by atoms with Crippen LogP contribution in [0.1, 0.15) is 38.5 Å². The van der Waals surface area contributed by atoms with Crippen molar-refractivity contribution in [2.75, 3.05) is 20.2 Å². The standard InChI is InChI=1S/C12H20N2O2/c1-16-12(15)10-11-6-2-4-8-14(11)9-5-3-7-13/h11H,2-6,8-10H2,1H3. The van der Waals surface area contributed by atoms with Crippen molar-refractivity contribution in [3.05, 3.63) is 0 Å². The fourth-order valence-corrected chi connectivity index (χ4v) is 2.22. The van der Waals surface area contributed by atoms with Gasteiger partial charge in [0.05, 0.1) is 19.6 Å². The van der Waals surface area contributed by atoms with Gasteiger partial charge in [-0.05, 0) is 32.4 Å². The van der Waals surface area contributed by atoms with Crippen molar-refractivity contribution >= 4 is 5.97 Å². The first-order chi connectivity index (χ1) is 7.77. The van der Waals surface area contributed by atoms with E-state index >= 15 is 0 Å². The molecule has 0 aromatic heterocycles. The third-order valence-corrected chi connectivity index (χ3v) is 3.11. The summed E-state index contributed by atoms with van der Waals surface area (Å²) in [5, 5.41) is 8.50. The molecule has 0 saturated carbocycles. The lowest BCUT2D eigenvalue weighted by atomic mass is 9.99. The first kappa shape index (κ1) is 13.0. The maximum Gasteiger partial charge on any atom is 0.307 e. The minimum Gasteiger partial charge on any atom is -0.469 e. The van der Waals surface area contributed by atoms with E-state index in [0.717, 1.165) is 25.9 Å². The number of nitriles is 1. The van der Waals surface area contributed by atoms with Crippen LogP contribution in [0.3, 0.4) is 0 Å². The lowest BCUT2D eigenvalue weighted by molar-refractivity contribution is -0.142. The molecule has 0 radical (unpaired) electrons. The molecular weight excluding hydrogens is 204 g/mol. The highest BCUT2D eigenvalue weighted by Crippen LogP contribution is 2.20. The Balaban J connectivity index is 2.37. The SMILES string of the molecule is COC(=O)CC1CCCCN1CCCC#N. The van der Waals surface area contributed by atoms with Gasteiger partial charge in [-0.15, -0.1) is 0 Å². The van der Waals surface area contributed by atoms with E-state index in [9.17, 15) is 4.79 Å². The lowest BCUT2D eigenvalue weighted by Gasteiger charge is -2.34. The molecule has 1 rings (SSSR count). The van der Waals surface area contributed by atoms with Crippen LogP contribution >= 0.6 is 0 Å². The average molecular weight is 224 g/mol. The topological polar surface area (TPSA) is 53.3 Å². The Morgan fingerprint density at radius 2 is 2.38 bits per heavy atom. The Morgan fingerprint density at radius 1 is 1.56 bits per heavy atom. The molecule has 1 fully saturated rings. The van der Waals surface area contributed by atoms with Crippen molar-refractivity contribution < 1.29 is 9.53 Å². The van der Waals surface area contributed by atoms with Crippen LogP contribution in [0.4, 0.5) is 0 Å². The molecule has 90 valence electrons. The molecule has 4 heteroatoms. The number of likely N-dealkylation sites (tertiary alicyclic amines) is 1. The molecule has 1 atom stereocenters. The molecule has 1 heterocycles. The van der Waals surface area contributed by atoms with E-state index in [2.05, 4.69) is 11.0 Å². The van der Waals surface area contributed by atoms with Crippen LogP contribution in [0.15, 0.2) is 0 Å². The van der Waals surface area contributed by atoms with Gasteiger partial charge in [-0.3, -0.25) is 9.69 Å². The van der Waals surface area contributed by atoms with Crippen molar-refractivity contribution in [1.82, 2.24) is 4.90 Å². The summed E-state index contributed by atoms with van der Waals surface area (Å²) < 4.78 is 4.71. The molecule has 0 aromatic rings. The van der Waals surface area contributed by atoms with Gasteiger partial charge in [0.2, 0.25) is 0 Å². The van der Waals surface area contributed by atoms with Gasteiger partial charge >= 0.3 is 5.97 Å². The van der Waals surface area contributed by atoms with Crippen LogP contribution < -0.4 is 0 Å². The number of carbonyl (C=O) groups is 1. The van der Waals surface area contributed by atoms with Gasteiger partial charge in [0.1, 0.15) is 0 Å². The number of piperidine rings is 1. The normalized spacial score (nSPS) is 21.4. The second-order valence-electron chi connectivity index (χ2n) is 4.23. The van der Waals surface area contributed by atoms with Crippen LogP contribution in [-0.2, 0) is 9.53 Å². The number of rotatable bonds is 5. The van der Waals surface area contributed by atoms with Gasteiger partial charge in [0.15, 0.2) is 0 Å². The number of ether oxygens (including phenoxy) is 1.